The van der Waals surface area contributed by atoms with Gasteiger partial charge in [0.1, 0.15) is 12.3 Å². The molecule has 2 heterocycles. The van der Waals surface area contributed by atoms with Crippen LogP contribution < -0.4 is 16.0 Å². The molecule has 2 aromatic rings. The molecular formula is C16H23IN4O2S. The van der Waals surface area contributed by atoms with Gasteiger partial charge in [-0.25, -0.2) is 4.99 Å². The summed E-state index contributed by atoms with van der Waals surface area (Å²) >= 11 is 1.45. The fourth-order valence-corrected chi connectivity index (χ4v) is 2.53. The molecule has 0 fully saturated rings. The summed E-state index contributed by atoms with van der Waals surface area (Å²) in [6.07, 6.45) is 2.46. The number of aliphatic imine (C=N–C) groups is 1. The Labute approximate surface area is 163 Å². The van der Waals surface area contributed by atoms with Crippen LogP contribution in [-0.4, -0.2) is 31.5 Å². The number of amides is 1. The second-order valence-corrected chi connectivity index (χ2v) is 5.74. The molecule has 0 aliphatic rings. The maximum Gasteiger partial charge on any atom is 0.261 e. The Bertz CT molecular complexity index is 600. The first-order valence-electron chi connectivity index (χ1n) is 7.66. The van der Waals surface area contributed by atoms with Crippen LogP contribution in [-0.2, 0) is 6.54 Å². The molecule has 8 heteroatoms. The number of hydrogen-bond donors (Lipinski definition) is 3. The van der Waals surface area contributed by atoms with Gasteiger partial charge in [0.15, 0.2) is 5.96 Å². The number of thiophene rings is 1. The van der Waals surface area contributed by atoms with Crippen LogP contribution >= 0.6 is 35.3 Å². The molecule has 24 heavy (non-hydrogen) atoms. The van der Waals surface area contributed by atoms with Crippen LogP contribution in [0.4, 0.5) is 0 Å². The normalized spacial score (nSPS) is 10.8. The minimum atomic E-state index is -0.0154. The molecule has 3 N–H and O–H groups in total. The molecule has 0 radical (unpaired) electrons. The third-order valence-corrected chi connectivity index (χ3v) is 3.86. The number of nitrogens with zero attached hydrogens (tertiary/aromatic N) is 1. The predicted octanol–water partition coefficient (Wildman–Crippen LogP) is 2.83. The maximum atomic E-state index is 11.8. The van der Waals surface area contributed by atoms with Gasteiger partial charge in [-0.05, 0) is 36.9 Å². The molecule has 0 spiro atoms. The summed E-state index contributed by atoms with van der Waals surface area (Å²) in [5.41, 5.74) is 0. The Balaban J connectivity index is 0.00000288. The summed E-state index contributed by atoms with van der Waals surface area (Å²) in [6, 6.07) is 7.44. The van der Waals surface area contributed by atoms with Gasteiger partial charge in [-0.3, -0.25) is 4.79 Å². The lowest BCUT2D eigenvalue weighted by molar-refractivity contribution is 0.0957. The first-order valence-corrected chi connectivity index (χ1v) is 8.54. The van der Waals surface area contributed by atoms with Gasteiger partial charge in [0.2, 0.25) is 0 Å². The summed E-state index contributed by atoms with van der Waals surface area (Å²) < 4.78 is 5.26. The Morgan fingerprint density at radius 2 is 2.04 bits per heavy atom. The van der Waals surface area contributed by atoms with Crippen LogP contribution in [0.2, 0.25) is 0 Å². The highest BCUT2D eigenvalue weighted by Gasteiger charge is 2.04. The van der Waals surface area contributed by atoms with E-state index in [9.17, 15) is 4.79 Å². The molecule has 2 rings (SSSR count). The lowest BCUT2D eigenvalue weighted by atomic mass is 10.4. The van der Waals surface area contributed by atoms with E-state index in [0.29, 0.717) is 13.1 Å². The lowest BCUT2D eigenvalue weighted by Gasteiger charge is -2.11. The summed E-state index contributed by atoms with van der Waals surface area (Å²) in [7, 11) is 0. The standard InChI is InChI=1S/C16H22N4O2S.HI/c1-2-17-16(20-12-13-6-3-10-22-13)19-9-5-8-18-15(21)14-7-4-11-23-14;/h3-4,6-7,10-11H,2,5,8-9,12H2,1H3,(H,18,21)(H2,17,19,20);1H. The van der Waals surface area contributed by atoms with Gasteiger partial charge in [-0.2, -0.15) is 0 Å². The molecule has 132 valence electrons. The van der Waals surface area contributed by atoms with E-state index in [2.05, 4.69) is 20.9 Å². The number of halogens is 1. The molecule has 0 atom stereocenters. The summed E-state index contributed by atoms with van der Waals surface area (Å²) in [5.74, 6) is 1.55. The van der Waals surface area contributed by atoms with Crippen molar-refractivity contribution in [2.24, 2.45) is 4.99 Å². The van der Waals surface area contributed by atoms with E-state index in [-0.39, 0.29) is 29.9 Å². The number of furan rings is 1. The molecule has 1 amide bonds. The highest BCUT2D eigenvalue weighted by atomic mass is 127. The fraction of sp³-hybridized carbons (Fsp3) is 0.375. The van der Waals surface area contributed by atoms with Crippen LogP contribution in [0.15, 0.2) is 45.3 Å². The van der Waals surface area contributed by atoms with Crippen LogP contribution in [0.1, 0.15) is 28.8 Å². The summed E-state index contributed by atoms with van der Waals surface area (Å²) in [5, 5.41) is 11.2. The number of guanidine groups is 1. The lowest BCUT2D eigenvalue weighted by Crippen LogP contribution is -2.38. The molecule has 2 aromatic heterocycles. The van der Waals surface area contributed by atoms with Crippen molar-refractivity contribution >= 4 is 47.2 Å². The van der Waals surface area contributed by atoms with Crippen molar-refractivity contribution in [3.8, 4) is 0 Å². The molecule has 0 bridgehead atoms. The van der Waals surface area contributed by atoms with Gasteiger partial charge < -0.3 is 20.4 Å². The molecular weight excluding hydrogens is 439 g/mol. The molecule has 6 nitrogen and oxygen atoms in total. The largest absolute Gasteiger partial charge is 0.467 e. The van der Waals surface area contributed by atoms with Crippen LogP contribution in [0.25, 0.3) is 0 Å². The molecule has 0 aliphatic carbocycles. The monoisotopic (exact) mass is 462 g/mol. The number of carbonyl (C=O) groups excluding carboxylic acids is 1. The van der Waals surface area contributed by atoms with Crippen LogP contribution in [0.3, 0.4) is 0 Å². The molecule has 0 saturated carbocycles. The summed E-state index contributed by atoms with van der Waals surface area (Å²) in [4.78, 5) is 17.0. The van der Waals surface area contributed by atoms with Gasteiger partial charge in [0.25, 0.3) is 5.91 Å². The quantitative estimate of drug-likeness (QED) is 0.244. The Hall–Kier alpha value is -1.55. The maximum absolute atomic E-state index is 11.8. The van der Waals surface area contributed by atoms with Crippen molar-refractivity contribution in [2.75, 3.05) is 19.6 Å². The van der Waals surface area contributed by atoms with Crippen LogP contribution in [0, 0.1) is 0 Å². The highest BCUT2D eigenvalue weighted by molar-refractivity contribution is 14.0. The highest BCUT2D eigenvalue weighted by Crippen LogP contribution is 2.07. The first-order chi connectivity index (χ1) is 11.3. The minimum absolute atomic E-state index is 0. The van der Waals surface area contributed by atoms with Crippen molar-refractivity contribution in [1.29, 1.82) is 0 Å². The van der Waals surface area contributed by atoms with E-state index in [4.69, 9.17) is 4.42 Å². The van der Waals surface area contributed by atoms with E-state index in [1.807, 2.05) is 36.6 Å². The summed E-state index contributed by atoms with van der Waals surface area (Å²) in [6.45, 7) is 4.66. The van der Waals surface area contributed by atoms with Crippen molar-refractivity contribution in [2.45, 2.75) is 19.9 Å². The molecule has 0 aliphatic heterocycles. The SMILES string of the molecule is CCNC(=NCc1ccco1)NCCCNC(=O)c1cccs1.I. The zero-order valence-electron chi connectivity index (χ0n) is 13.6. The van der Waals surface area contributed by atoms with Gasteiger partial charge >= 0.3 is 0 Å². The van der Waals surface area contributed by atoms with E-state index in [1.165, 1.54) is 11.3 Å². The fourth-order valence-electron chi connectivity index (χ4n) is 1.89. The Kier molecular flexibility index (Phi) is 10.2. The van der Waals surface area contributed by atoms with Gasteiger partial charge in [0.05, 0.1) is 11.1 Å². The minimum Gasteiger partial charge on any atom is -0.467 e. The van der Waals surface area contributed by atoms with E-state index in [0.717, 1.165) is 36.1 Å². The van der Waals surface area contributed by atoms with E-state index in [1.54, 1.807) is 6.26 Å². The zero-order valence-corrected chi connectivity index (χ0v) is 16.7. The zero-order chi connectivity index (χ0) is 16.3. The number of hydrogen-bond acceptors (Lipinski definition) is 4. The number of rotatable bonds is 8. The van der Waals surface area contributed by atoms with E-state index < -0.39 is 0 Å². The molecule has 0 unspecified atom stereocenters. The predicted molar refractivity (Wildman–Crippen MR) is 108 cm³/mol. The van der Waals surface area contributed by atoms with Gasteiger partial charge in [-0.1, -0.05) is 6.07 Å². The second-order valence-electron chi connectivity index (χ2n) is 4.79. The number of carbonyl (C=O) groups is 1. The third kappa shape index (κ3) is 7.35. The smallest absolute Gasteiger partial charge is 0.261 e. The first kappa shape index (κ1) is 20.5. The van der Waals surface area contributed by atoms with Gasteiger partial charge in [0, 0.05) is 19.6 Å². The number of nitrogens with one attached hydrogen (secondary N) is 3. The second kappa shape index (κ2) is 11.9. The van der Waals surface area contributed by atoms with Crippen molar-refractivity contribution in [1.82, 2.24) is 16.0 Å². The Morgan fingerprint density at radius 3 is 2.71 bits per heavy atom. The molecule has 0 aromatic carbocycles. The van der Waals surface area contributed by atoms with Crippen molar-refractivity contribution < 1.29 is 9.21 Å². The third-order valence-electron chi connectivity index (χ3n) is 2.99. The Morgan fingerprint density at radius 1 is 1.21 bits per heavy atom. The molecule has 0 saturated heterocycles. The van der Waals surface area contributed by atoms with E-state index >= 15 is 0 Å². The van der Waals surface area contributed by atoms with Crippen LogP contribution in [0.5, 0.6) is 0 Å². The van der Waals surface area contributed by atoms with Gasteiger partial charge in [-0.15, -0.1) is 35.3 Å². The van der Waals surface area contributed by atoms with Crippen molar-refractivity contribution in [3.63, 3.8) is 0 Å². The average molecular weight is 462 g/mol. The topological polar surface area (TPSA) is 78.7 Å². The van der Waals surface area contributed by atoms with Crippen molar-refractivity contribution in [3.05, 3.63) is 46.5 Å². The average Bonchev–Trinajstić information content (AvgIpc) is 3.25.